The molecule has 192 valence electrons. The third-order valence-corrected chi connectivity index (χ3v) is 5.31. The number of aliphatic carboxylic acids is 1. The van der Waals surface area contributed by atoms with E-state index in [1.54, 1.807) is 18.3 Å². The Morgan fingerprint density at radius 2 is 1.89 bits per heavy atom. The standard InChI is InChI=1S/C18H22F2N6O2.C2HF3O2/c19-18(20)7-13(8-21)26(11-18)16(27)10-24-17(28)14-1-4-23-9-15(14)25-5-2-12(22)3-6-25;3-2(4,5)1(6)7/h1,4,9,12-13H,2-3,5-7,10-11,22H2,(H,24,28);(H,6,7)/t13-;/m0./s1. The number of carbonyl (C=O) groups is 3. The second-order valence-electron chi connectivity index (χ2n) is 7.93. The third-order valence-electron chi connectivity index (χ3n) is 5.31. The molecule has 4 N–H and O–H groups in total. The van der Waals surface area contributed by atoms with E-state index in [1.807, 2.05) is 4.90 Å². The molecular formula is C20H23F5N6O4. The van der Waals surface area contributed by atoms with E-state index in [-0.39, 0.29) is 6.04 Å². The smallest absolute Gasteiger partial charge is 0.475 e. The van der Waals surface area contributed by atoms with Crippen molar-refractivity contribution in [2.24, 2.45) is 5.73 Å². The fourth-order valence-corrected chi connectivity index (χ4v) is 3.52. The molecule has 0 unspecified atom stereocenters. The van der Waals surface area contributed by atoms with Gasteiger partial charge in [0.25, 0.3) is 11.8 Å². The molecule has 1 aromatic rings. The number of nitrogens with one attached hydrogen (secondary N) is 1. The van der Waals surface area contributed by atoms with Gasteiger partial charge in [-0.2, -0.15) is 18.4 Å². The van der Waals surface area contributed by atoms with Gasteiger partial charge in [0.2, 0.25) is 5.91 Å². The summed E-state index contributed by atoms with van der Waals surface area (Å²) in [7, 11) is 0. The van der Waals surface area contributed by atoms with Gasteiger partial charge in [0.05, 0.1) is 36.6 Å². The van der Waals surface area contributed by atoms with Crippen LogP contribution in [0.15, 0.2) is 18.5 Å². The summed E-state index contributed by atoms with van der Waals surface area (Å²) in [6.45, 7) is 0.117. The summed E-state index contributed by atoms with van der Waals surface area (Å²) in [6.07, 6.45) is -1.11. The lowest BCUT2D eigenvalue weighted by atomic mass is 10.0. The van der Waals surface area contributed by atoms with Crippen molar-refractivity contribution in [1.29, 1.82) is 5.26 Å². The average Bonchev–Trinajstić information content (AvgIpc) is 3.12. The van der Waals surface area contributed by atoms with E-state index in [1.165, 1.54) is 6.20 Å². The van der Waals surface area contributed by atoms with E-state index in [4.69, 9.17) is 20.9 Å². The van der Waals surface area contributed by atoms with Crippen LogP contribution in [0, 0.1) is 11.3 Å². The SMILES string of the molecule is N#C[C@@H]1CC(F)(F)CN1C(=O)CNC(=O)c1ccncc1N1CCC(N)CC1.O=C(O)C(F)(F)F. The van der Waals surface area contributed by atoms with Crippen molar-refractivity contribution in [2.45, 2.75) is 43.4 Å². The summed E-state index contributed by atoms with van der Waals surface area (Å²) in [5.74, 6) is -7.06. The number of pyridine rings is 1. The molecule has 2 saturated heterocycles. The third kappa shape index (κ3) is 7.74. The Hall–Kier alpha value is -3.54. The lowest BCUT2D eigenvalue weighted by Crippen LogP contribution is -2.43. The maximum atomic E-state index is 13.5. The summed E-state index contributed by atoms with van der Waals surface area (Å²) in [4.78, 5) is 40.6. The fourth-order valence-electron chi connectivity index (χ4n) is 3.52. The van der Waals surface area contributed by atoms with Gasteiger partial charge in [0, 0.05) is 31.7 Å². The van der Waals surface area contributed by atoms with Crippen LogP contribution in [0.4, 0.5) is 27.6 Å². The zero-order valence-electron chi connectivity index (χ0n) is 18.3. The molecule has 3 heterocycles. The fraction of sp³-hybridized carbons (Fsp3) is 0.550. The number of aromatic nitrogens is 1. The molecule has 1 atom stereocenters. The summed E-state index contributed by atoms with van der Waals surface area (Å²) in [6, 6.07) is 2.21. The van der Waals surface area contributed by atoms with Gasteiger partial charge < -0.3 is 26.0 Å². The monoisotopic (exact) mass is 506 g/mol. The quantitative estimate of drug-likeness (QED) is 0.514. The van der Waals surface area contributed by atoms with Crippen LogP contribution in [-0.4, -0.2) is 83.1 Å². The number of halogens is 5. The number of amides is 2. The Morgan fingerprint density at radius 3 is 2.43 bits per heavy atom. The van der Waals surface area contributed by atoms with Crippen molar-refractivity contribution >= 4 is 23.5 Å². The molecule has 35 heavy (non-hydrogen) atoms. The van der Waals surface area contributed by atoms with Gasteiger partial charge in [-0.1, -0.05) is 0 Å². The molecule has 2 amide bonds. The van der Waals surface area contributed by atoms with Gasteiger partial charge >= 0.3 is 12.1 Å². The van der Waals surface area contributed by atoms with Crippen molar-refractivity contribution in [3.05, 3.63) is 24.0 Å². The van der Waals surface area contributed by atoms with Crippen LogP contribution in [0.3, 0.4) is 0 Å². The topological polar surface area (TPSA) is 153 Å². The van der Waals surface area contributed by atoms with Crippen molar-refractivity contribution in [2.75, 3.05) is 31.1 Å². The number of hydrogen-bond acceptors (Lipinski definition) is 7. The predicted molar refractivity (Wildman–Crippen MR) is 110 cm³/mol. The highest BCUT2D eigenvalue weighted by Crippen LogP contribution is 2.31. The molecule has 15 heteroatoms. The van der Waals surface area contributed by atoms with Crippen LogP contribution in [-0.2, 0) is 9.59 Å². The number of carboxylic acid groups (broad SMARTS) is 1. The Balaban J connectivity index is 0.000000540. The maximum absolute atomic E-state index is 13.5. The van der Waals surface area contributed by atoms with Crippen molar-refractivity contribution in [1.82, 2.24) is 15.2 Å². The Labute approximate surface area is 196 Å². The van der Waals surface area contributed by atoms with Gasteiger partial charge in [-0.25, -0.2) is 13.6 Å². The van der Waals surface area contributed by atoms with Gasteiger partial charge in [-0.3, -0.25) is 14.6 Å². The molecule has 10 nitrogen and oxygen atoms in total. The normalized spacial score (nSPS) is 19.9. The number of piperidine rings is 1. The first-order valence-corrected chi connectivity index (χ1v) is 10.3. The van der Waals surface area contributed by atoms with E-state index in [2.05, 4.69) is 10.3 Å². The Morgan fingerprint density at radius 1 is 1.29 bits per heavy atom. The number of carbonyl (C=O) groups excluding carboxylic acids is 2. The molecule has 0 spiro atoms. The highest BCUT2D eigenvalue weighted by Gasteiger charge is 2.47. The number of alkyl halides is 5. The van der Waals surface area contributed by atoms with E-state index >= 15 is 0 Å². The van der Waals surface area contributed by atoms with Crippen LogP contribution < -0.4 is 16.0 Å². The van der Waals surface area contributed by atoms with E-state index in [0.717, 1.165) is 17.7 Å². The van der Waals surface area contributed by atoms with Crippen molar-refractivity contribution < 1.29 is 41.4 Å². The number of hydrogen-bond donors (Lipinski definition) is 3. The van der Waals surface area contributed by atoms with Crippen molar-refractivity contribution in [3.63, 3.8) is 0 Å². The van der Waals surface area contributed by atoms with Crippen LogP contribution in [0.2, 0.25) is 0 Å². The molecule has 2 aliphatic rings. The first kappa shape index (κ1) is 27.7. The molecule has 0 saturated carbocycles. The minimum absolute atomic E-state index is 0.134. The molecule has 0 bridgehead atoms. The number of anilines is 1. The molecule has 0 radical (unpaired) electrons. The molecule has 1 aromatic heterocycles. The molecule has 2 aliphatic heterocycles. The summed E-state index contributed by atoms with van der Waals surface area (Å²) in [5.41, 5.74) is 6.91. The first-order valence-electron chi connectivity index (χ1n) is 10.3. The summed E-state index contributed by atoms with van der Waals surface area (Å²) >= 11 is 0. The number of nitrogens with zero attached hydrogens (tertiary/aromatic N) is 4. The molecule has 0 aliphatic carbocycles. The minimum atomic E-state index is -5.08. The van der Waals surface area contributed by atoms with Gasteiger partial charge in [-0.05, 0) is 18.9 Å². The van der Waals surface area contributed by atoms with Crippen LogP contribution in [0.5, 0.6) is 0 Å². The highest BCUT2D eigenvalue weighted by molar-refractivity contribution is 6.01. The van der Waals surface area contributed by atoms with Crippen LogP contribution >= 0.6 is 0 Å². The molecular weight excluding hydrogens is 483 g/mol. The number of likely N-dealkylation sites (tertiary alicyclic amines) is 1. The lowest BCUT2D eigenvalue weighted by Gasteiger charge is -2.32. The zero-order valence-corrected chi connectivity index (χ0v) is 18.3. The Bertz CT molecular complexity index is 975. The first-order chi connectivity index (χ1) is 16.2. The summed E-state index contributed by atoms with van der Waals surface area (Å²) < 4.78 is 58.7. The minimum Gasteiger partial charge on any atom is -0.475 e. The Kier molecular flexibility index (Phi) is 8.91. The van der Waals surface area contributed by atoms with Crippen LogP contribution in [0.1, 0.15) is 29.6 Å². The molecule has 0 aromatic carbocycles. The number of carboxylic acids is 1. The second-order valence-corrected chi connectivity index (χ2v) is 7.93. The van der Waals surface area contributed by atoms with Crippen LogP contribution in [0.25, 0.3) is 0 Å². The van der Waals surface area contributed by atoms with Crippen molar-refractivity contribution in [3.8, 4) is 6.07 Å². The van der Waals surface area contributed by atoms with Gasteiger partial charge in [-0.15, -0.1) is 0 Å². The highest BCUT2D eigenvalue weighted by atomic mass is 19.4. The van der Waals surface area contributed by atoms with E-state index in [9.17, 15) is 31.5 Å². The lowest BCUT2D eigenvalue weighted by molar-refractivity contribution is -0.192. The van der Waals surface area contributed by atoms with E-state index in [0.29, 0.717) is 24.3 Å². The number of nitrogens with two attached hydrogens (primary N) is 1. The number of nitriles is 1. The largest absolute Gasteiger partial charge is 0.490 e. The molecule has 2 fully saturated rings. The van der Waals surface area contributed by atoms with Gasteiger partial charge in [0.15, 0.2) is 0 Å². The average molecular weight is 506 g/mol. The summed E-state index contributed by atoms with van der Waals surface area (Å²) in [5, 5.41) is 18.6. The predicted octanol–water partition coefficient (Wildman–Crippen LogP) is 1.13. The number of rotatable bonds is 4. The van der Waals surface area contributed by atoms with Gasteiger partial charge in [0.1, 0.15) is 6.04 Å². The second kappa shape index (κ2) is 11.3. The molecule has 3 rings (SSSR count). The zero-order chi connectivity index (χ0) is 26.4. The maximum Gasteiger partial charge on any atom is 0.490 e. The van der Waals surface area contributed by atoms with E-state index < -0.39 is 55.4 Å².